The van der Waals surface area contributed by atoms with E-state index in [0.29, 0.717) is 19.6 Å². The van der Waals surface area contributed by atoms with Gasteiger partial charge < -0.3 is 19.7 Å². The van der Waals surface area contributed by atoms with Crippen molar-refractivity contribution in [3.05, 3.63) is 71.0 Å². The Hall–Kier alpha value is -2.28. The summed E-state index contributed by atoms with van der Waals surface area (Å²) in [6.07, 6.45) is 0.779. The maximum absolute atomic E-state index is 13.6. The van der Waals surface area contributed by atoms with Gasteiger partial charge in [0.05, 0.1) is 18.8 Å². The van der Waals surface area contributed by atoms with Crippen LogP contribution in [0.2, 0.25) is 0 Å². The molecule has 0 aliphatic carbocycles. The average molecular weight is 413 g/mol. The number of fused-ring (bicyclic) bond motifs is 1. The van der Waals surface area contributed by atoms with Crippen molar-refractivity contribution in [2.45, 2.75) is 44.1 Å². The zero-order valence-electron chi connectivity index (χ0n) is 17.5. The summed E-state index contributed by atoms with van der Waals surface area (Å²) >= 11 is 0. The van der Waals surface area contributed by atoms with Gasteiger partial charge in [0, 0.05) is 26.1 Å². The first kappa shape index (κ1) is 21.0. The molecule has 4 rings (SSSR count). The number of ether oxygens (including phenoxy) is 2. The highest BCUT2D eigenvalue weighted by atomic mass is 19.1. The van der Waals surface area contributed by atoms with Gasteiger partial charge in [0.15, 0.2) is 0 Å². The Kier molecular flexibility index (Phi) is 6.46. The lowest BCUT2D eigenvalue weighted by Crippen LogP contribution is -2.55. The summed E-state index contributed by atoms with van der Waals surface area (Å²) in [5.41, 5.74) is 3.23. The molecule has 0 spiro atoms. The van der Waals surface area contributed by atoms with Gasteiger partial charge in [-0.25, -0.2) is 4.39 Å². The van der Waals surface area contributed by atoms with Crippen molar-refractivity contribution in [2.75, 3.05) is 26.8 Å². The van der Waals surface area contributed by atoms with Crippen LogP contribution in [0.4, 0.5) is 4.39 Å². The number of carbonyl (C=O) groups excluding carboxylic acids is 1. The molecular weight excluding hydrogens is 383 g/mol. The number of hydrogen-bond acceptors (Lipinski definition) is 4. The highest BCUT2D eigenvalue weighted by Gasteiger charge is 2.40. The largest absolute Gasteiger partial charge is 0.377 e. The summed E-state index contributed by atoms with van der Waals surface area (Å²) < 4.78 is 25.0. The van der Waals surface area contributed by atoms with E-state index in [9.17, 15) is 9.18 Å². The SMILES string of the molecule is CCN[C@H]1C[C@H](C(=O)N2CCc3ccccc3[C@@H]2c2ccc(F)cc2)OC[C@@H]1OC. The quantitative estimate of drug-likeness (QED) is 0.820. The Bertz CT molecular complexity index is 873. The first-order valence-electron chi connectivity index (χ1n) is 10.6. The van der Waals surface area contributed by atoms with Gasteiger partial charge in [0.2, 0.25) is 0 Å². The lowest BCUT2D eigenvalue weighted by Gasteiger charge is -2.42. The maximum Gasteiger partial charge on any atom is 0.252 e. The molecule has 4 atom stereocenters. The first-order valence-corrected chi connectivity index (χ1v) is 10.6. The summed E-state index contributed by atoms with van der Waals surface area (Å²) in [4.78, 5) is 15.5. The van der Waals surface area contributed by atoms with Gasteiger partial charge in [-0.3, -0.25) is 4.79 Å². The summed E-state index contributed by atoms with van der Waals surface area (Å²) in [7, 11) is 1.67. The number of amides is 1. The van der Waals surface area contributed by atoms with Crippen LogP contribution in [0.5, 0.6) is 0 Å². The molecule has 1 amide bonds. The second kappa shape index (κ2) is 9.25. The van der Waals surface area contributed by atoms with Crippen molar-refractivity contribution >= 4 is 5.91 Å². The van der Waals surface area contributed by atoms with Gasteiger partial charge in [0.1, 0.15) is 11.9 Å². The van der Waals surface area contributed by atoms with E-state index >= 15 is 0 Å². The van der Waals surface area contributed by atoms with Crippen LogP contribution in [0.3, 0.4) is 0 Å². The van der Waals surface area contributed by atoms with Crippen LogP contribution < -0.4 is 5.32 Å². The number of rotatable bonds is 5. The zero-order chi connectivity index (χ0) is 21.1. The molecule has 0 unspecified atom stereocenters. The topological polar surface area (TPSA) is 50.8 Å². The number of nitrogens with one attached hydrogen (secondary N) is 1. The Morgan fingerprint density at radius 3 is 2.73 bits per heavy atom. The van der Waals surface area contributed by atoms with Crippen LogP contribution in [0.15, 0.2) is 48.5 Å². The molecule has 2 aromatic rings. The van der Waals surface area contributed by atoms with Crippen molar-refractivity contribution in [2.24, 2.45) is 0 Å². The second-order valence-corrected chi connectivity index (χ2v) is 7.93. The van der Waals surface area contributed by atoms with E-state index in [1.165, 1.54) is 17.7 Å². The summed E-state index contributed by atoms with van der Waals surface area (Å²) in [6.45, 7) is 3.85. The van der Waals surface area contributed by atoms with E-state index < -0.39 is 6.10 Å². The fourth-order valence-corrected chi connectivity index (χ4v) is 4.65. The third-order valence-corrected chi connectivity index (χ3v) is 6.18. The average Bonchev–Trinajstić information content (AvgIpc) is 2.78. The summed E-state index contributed by atoms with van der Waals surface area (Å²) in [5, 5.41) is 3.42. The molecule has 0 radical (unpaired) electrons. The lowest BCUT2D eigenvalue weighted by molar-refractivity contribution is -0.157. The normalized spacial score (nSPS) is 26.3. The molecule has 6 heteroatoms. The number of likely N-dealkylation sites (N-methyl/N-ethyl adjacent to an activating group) is 1. The Morgan fingerprint density at radius 2 is 2.00 bits per heavy atom. The van der Waals surface area contributed by atoms with Crippen LogP contribution in [0.1, 0.15) is 36.1 Å². The smallest absolute Gasteiger partial charge is 0.252 e. The number of benzene rings is 2. The van der Waals surface area contributed by atoms with E-state index in [4.69, 9.17) is 9.47 Å². The maximum atomic E-state index is 13.6. The molecular formula is C24H29FN2O3. The summed E-state index contributed by atoms with van der Waals surface area (Å²) in [6, 6.07) is 14.5. The van der Waals surface area contributed by atoms with Crippen LogP contribution in [-0.2, 0) is 20.7 Å². The molecule has 1 fully saturated rings. The number of methoxy groups -OCH3 is 1. The van der Waals surface area contributed by atoms with Crippen molar-refractivity contribution in [1.82, 2.24) is 10.2 Å². The number of carbonyl (C=O) groups is 1. The predicted octanol–water partition coefficient (Wildman–Crippen LogP) is 3.08. The molecule has 2 aliphatic rings. The van der Waals surface area contributed by atoms with Crippen LogP contribution in [-0.4, -0.2) is 55.9 Å². The zero-order valence-corrected chi connectivity index (χ0v) is 17.5. The number of halogens is 1. The predicted molar refractivity (Wildman–Crippen MR) is 113 cm³/mol. The van der Waals surface area contributed by atoms with E-state index in [1.807, 2.05) is 24.0 Å². The van der Waals surface area contributed by atoms with Crippen LogP contribution in [0, 0.1) is 5.82 Å². The Labute approximate surface area is 177 Å². The van der Waals surface area contributed by atoms with Gasteiger partial charge in [-0.1, -0.05) is 43.3 Å². The van der Waals surface area contributed by atoms with Gasteiger partial charge in [-0.2, -0.15) is 0 Å². The minimum absolute atomic E-state index is 0.0173. The first-order chi connectivity index (χ1) is 14.6. The molecule has 2 heterocycles. The highest BCUT2D eigenvalue weighted by molar-refractivity contribution is 5.82. The van der Waals surface area contributed by atoms with Crippen molar-refractivity contribution < 1.29 is 18.7 Å². The molecule has 0 saturated carbocycles. The molecule has 2 aliphatic heterocycles. The minimum atomic E-state index is -0.520. The number of nitrogens with zero attached hydrogens (tertiary/aromatic N) is 1. The van der Waals surface area contributed by atoms with E-state index in [1.54, 1.807) is 19.2 Å². The van der Waals surface area contributed by atoms with Gasteiger partial charge in [0.25, 0.3) is 5.91 Å². The molecule has 0 aromatic heterocycles. The Balaban J connectivity index is 1.63. The standard InChI is InChI=1S/C24H29FN2O3/c1-3-26-20-14-21(30-15-22(20)29-2)24(28)27-13-12-16-6-4-5-7-19(16)23(27)17-8-10-18(25)11-9-17/h4-11,20-23,26H,3,12-15H2,1-2H3/t20-,21+,22-,23-/m0/s1. The third-order valence-electron chi connectivity index (χ3n) is 6.18. The highest BCUT2D eigenvalue weighted by Crippen LogP contribution is 2.36. The molecule has 0 bridgehead atoms. The minimum Gasteiger partial charge on any atom is -0.377 e. The fraction of sp³-hybridized carbons (Fsp3) is 0.458. The van der Waals surface area contributed by atoms with Crippen LogP contribution >= 0.6 is 0 Å². The van der Waals surface area contributed by atoms with Gasteiger partial charge in [-0.15, -0.1) is 0 Å². The van der Waals surface area contributed by atoms with Crippen LogP contribution in [0.25, 0.3) is 0 Å². The monoisotopic (exact) mass is 412 g/mol. The third kappa shape index (κ3) is 4.13. The van der Waals surface area contributed by atoms with E-state index in [0.717, 1.165) is 24.1 Å². The summed E-state index contributed by atoms with van der Waals surface area (Å²) in [5.74, 6) is -0.299. The molecule has 1 saturated heterocycles. The lowest BCUT2D eigenvalue weighted by atomic mass is 9.87. The van der Waals surface area contributed by atoms with Gasteiger partial charge in [-0.05, 0) is 41.8 Å². The second-order valence-electron chi connectivity index (χ2n) is 7.93. The molecule has 160 valence electrons. The van der Waals surface area contributed by atoms with Gasteiger partial charge >= 0.3 is 0 Å². The van der Waals surface area contributed by atoms with E-state index in [2.05, 4.69) is 17.4 Å². The Morgan fingerprint density at radius 1 is 1.23 bits per heavy atom. The van der Waals surface area contributed by atoms with E-state index in [-0.39, 0.29) is 29.9 Å². The van der Waals surface area contributed by atoms with Crippen molar-refractivity contribution in [3.8, 4) is 0 Å². The molecule has 5 nitrogen and oxygen atoms in total. The fourth-order valence-electron chi connectivity index (χ4n) is 4.65. The molecule has 1 N–H and O–H groups in total. The molecule has 2 aromatic carbocycles. The van der Waals surface area contributed by atoms with Crippen molar-refractivity contribution in [3.63, 3.8) is 0 Å². The molecule has 30 heavy (non-hydrogen) atoms. The number of hydrogen-bond donors (Lipinski definition) is 1. The van der Waals surface area contributed by atoms with Crippen molar-refractivity contribution in [1.29, 1.82) is 0 Å².